The van der Waals surface area contributed by atoms with Crippen molar-refractivity contribution in [1.29, 1.82) is 0 Å². The normalized spacial score (nSPS) is 26.3. The molecule has 0 aliphatic carbocycles. The highest BCUT2D eigenvalue weighted by molar-refractivity contribution is 5.58. The maximum atomic E-state index is 6.25. The van der Waals surface area contributed by atoms with Gasteiger partial charge in [-0.1, -0.05) is 56.3 Å². The minimum absolute atomic E-state index is 0.226. The van der Waals surface area contributed by atoms with Crippen LogP contribution in [0.5, 0.6) is 0 Å². The average molecular weight is 307 g/mol. The van der Waals surface area contributed by atoms with Crippen LogP contribution in [0.4, 0.5) is 5.69 Å². The second-order valence-electron chi connectivity index (χ2n) is 7.13. The highest BCUT2D eigenvalue weighted by Crippen LogP contribution is 2.49. The molecule has 2 heteroatoms. The number of anilines is 1. The van der Waals surface area contributed by atoms with Crippen molar-refractivity contribution in [3.8, 4) is 0 Å². The largest absolute Gasteiger partial charge is 0.378 e. The summed E-state index contributed by atoms with van der Waals surface area (Å²) < 4.78 is 6.25. The molecule has 0 spiro atoms. The molecule has 1 saturated heterocycles. The van der Waals surface area contributed by atoms with Gasteiger partial charge in [0.2, 0.25) is 0 Å². The lowest BCUT2D eigenvalue weighted by Gasteiger charge is -2.43. The molecule has 0 aromatic heterocycles. The first-order valence-electron chi connectivity index (χ1n) is 8.81. The first kappa shape index (κ1) is 14.8. The third-order valence-corrected chi connectivity index (χ3v) is 5.31. The third kappa shape index (κ3) is 2.66. The number of benzene rings is 2. The zero-order valence-electron chi connectivity index (χ0n) is 14.0. The van der Waals surface area contributed by atoms with Crippen molar-refractivity contribution in [3.05, 3.63) is 65.2 Å². The summed E-state index contributed by atoms with van der Waals surface area (Å²) in [6.07, 6.45) is 2.61. The molecule has 2 heterocycles. The molecule has 2 nitrogen and oxygen atoms in total. The van der Waals surface area contributed by atoms with Crippen LogP contribution < -0.4 is 5.32 Å². The summed E-state index contributed by atoms with van der Waals surface area (Å²) >= 11 is 0. The molecule has 0 amide bonds. The van der Waals surface area contributed by atoms with E-state index in [1.165, 1.54) is 28.8 Å². The Labute approximate surface area is 138 Å². The molecule has 120 valence electrons. The van der Waals surface area contributed by atoms with Gasteiger partial charge in [0.1, 0.15) is 0 Å². The molecule has 1 N–H and O–H groups in total. The van der Waals surface area contributed by atoms with E-state index in [2.05, 4.69) is 67.7 Å². The molecule has 2 aromatic carbocycles. The van der Waals surface area contributed by atoms with E-state index < -0.39 is 0 Å². The van der Waals surface area contributed by atoms with Crippen molar-refractivity contribution < 1.29 is 4.74 Å². The van der Waals surface area contributed by atoms with Crippen LogP contribution in [0.25, 0.3) is 0 Å². The predicted molar refractivity (Wildman–Crippen MR) is 94.8 cm³/mol. The number of hydrogen-bond donors (Lipinski definition) is 1. The highest BCUT2D eigenvalue weighted by atomic mass is 16.5. The highest BCUT2D eigenvalue weighted by Gasteiger charge is 2.39. The Morgan fingerprint density at radius 2 is 1.91 bits per heavy atom. The van der Waals surface area contributed by atoms with Gasteiger partial charge in [0.05, 0.1) is 12.1 Å². The Morgan fingerprint density at radius 1 is 1.09 bits per heavy atom. The Balaban J connectivity index is 1.77. The summed E-state index contributed by atoms with van der Waals surface area (Å²) in [5, 5.41) is 3.80. The second-order valence-corrected chi connectivity index (χ2v) is 7.13. The van der Waals surface area contributed by atoms with Crippen LogP contribution in [0.2, 0.25) is 0 Å². The van der Waals surface area contributed by atoms with Gasteiger partial charge in [0.15, 0.2) is 0 Å². The third-order valence-electron chi connectivity index (χ3n) is 5.31. The van der Waals surface area contributed by atoms with E-state index in [0.717, 1.165) is 13.0 Å². The van der Waals surface area contributed by atoms with Crippen molar-refractivity contribution in [2.45, 2.75) is 44.8 Å². The quantitative estimate of drug-likeness (QED) is 0.797. The van der Waals surface area contributed by atoms with E-state index >= 15 is 0 Å². The lowest BCUT2D eigenvalue weighted by atomic mass is 9.77. The summed E-state index contributed by atoms with van der Waals surface area (Å²) in [5.74, 6) is 1.07. The van der Waals surface area contributed by atoms with Crippen molar-refractivity contribution in [2.75, 3.05) is 11.9 Å². The maximum Gasteiger partial charge on any atom is 0.0895 e. The first-order valence-corrected chi connectivity index (χ1v) is 8.81. The van der Waals surface area contributed by atoms with Gasteiger partial charge in [-0.05, 0) is 36.0 Å². The fourth-order valence-electron chi connectivity index (χ4n) is 4.04. The van der Waals surface area contributed by atoms with Gasteiger partial charge in [0.25, 0.3) is 0 Å². The second kappa shape index (κ2) is 6.01. The molecular formula is C21H25NO. The summed E-state index contributed by atoms with van der Waals surface area (Å²) in [7, 11) is 0. The summed E-state index contributed by atoms with van der Waals surface area (Å²) in [6.45, 7) is 5.39. The van der Waals surface area contributed by atoms with Crippen molar-refractivity contribution in [3.63, 3.8) is 0 Å². The van der Waals surface area contributed by atoms with Crippen LogP contribution in [-0.2, 0) is 4.74 Å². The fourth-order valence-corrected chi connectivity index (χ4v) is 4.04. The number of rotatable bonds is 2. The molecule has 2 aromatic rings. The Hall–Kier alpha value is -1.80. The van der Waals surface area contributed by atoms with Crippen LogP contribution in [0.3, 0.4) is 0 Å². The minimum Gasteiger partial charge on any atom is -0.378 e. The molecule has 0 bridgehead atoms. The van der Waals surface area contributed by atoms with Gasteiger partial charge < -0.3 is 10.1 Å². The summed E-state index contributed by atoms with van der Waals surface area (Å²) in [6, 6.07) is 18.0. The summed E-state index contributed by atoms with van der Waals surface area (Å²) in [4.78, 5) is 0. The lowest BCUT2D eigenvalue weighted by molar-refractivity contribution is -0.0381. The average Bonchev–Trinajstić information content (AvgIpc) is 2.61. The monoisotopic (exact) mass is 307 g/mol. The van der Waals surface area contributed by atoms with E-state index in [1.807, 2.05) is 0 Å². The molecule has 23 heavy (non-hydrogen) atoms. The van der Waals surface area contributed by atoms with E-state index in [1.54, 1.807) is 0 Å². The topological polar surface area (TPSA) is 21.3 Å². The van der Waals surface area contributed by atoms with Gasteiger partial charge in [-0.3, -0.25) is 0 Å². The summed E-state index contributed by atoms with van der Waals surface area (Å²) in [5.41, 5.74) is 5.36. The van der Waals surface area contributed by atoms with E-state index in [0.29, 0.717) is 17.9 Å². The van der Waals surface area contributed by atoms with Crippen LogP contribution in [-0.4, -0.2) is 6.61 Å². The minimum atomic E-state index is 0.226. The van der Waals surface area contributed by atoms with E-state index in [4.69, 9.17) is 4.74 Å². The van der Waals surface area contributed by atoms with Crippen LogP contribution in [0.15, 0.2) is 48.5 Å². The molecular weight excluding hydrogens is 282 g/mol. The van der Waals surface area contributed by atoms with Gasteiger partial charge in [-0.25, -0.2) is 0 Å². The zero-order valence-corrected chi connectivity index (χ0v) is 14.0. The standard InChI is InChI=1S/C21H25NO/c1-14(2)16-10-11-19-18(13-16)21-17(9-6-12-23-21)20(22-19)15-7-4-3-5-8-15/h3-5,7-8,10-11,13-14,17,20-22H,6,9,12H2,1-2H3/t17?,20-,21-/m0/s1. The van der Waals surface area contributed by atoms with E-state index in [9.17, 15) is 0 Å². The van der Waals surface area contributed by atoms with Crippen molar-refractivity contribution in [2.24, 2.45) is 5.92 Å². The van der Waals surface area contributed by atoms with E-state index in [-0.39, 0.29) is 6.10 Å². The number of nitrogens with one attached hydrogen (secondary N) is 1. The van der Waals surface area contributed by atoms with Crippen LogP contribution >= 0.6 is 0 Å². The molecule has 2 aliphatic rings. The fraction of sp³-hybridized carbons (Fsp3) is 0.429. The molecule has 2 aliphatic heterocycles. The van der Waals surface area contributed by atoms with Crippen LogP contribution in [0, 0.1) is 5.92 Å². The predicted octanol–water partition coefficient (Wildman–Crippen LogP) is 5.44. The SMILES string of the molecule is CC(C)c1ccc2c(c1)[C@H]1OCCCC1[C@H](c1ccccc1)N2. The number of ether oxygens (including phenoxy) is 1. The molecule has 0 saturated carbocycles. The first-order chi connectivity index (χ1) is 11.2. The Morgan fingerprint density at radius 3 is 2.70 bits per heavy atom. The van der Waals surface area contributed by atoms with Crippen molar-refractivity contribution in [1.82, 2.24) is 0 Å². The Bertz CT molecular complexity index is 679. The molecule has 1 unspecified atom stereocenters. The maximum absolute atomic E-state index is 6.25. The van der Waals surface area contributed by atoms with Crippen molar-refractivity contribution >= 4 is 5.69 Å². The Kier molecular flexibility index (Phi) is 3.86. The van der Waals surface area contributed by atoms with Gasteiger partial charge >= 0.3 is 0 Å². The van der Waals surface area contributed by atoms with Gasteiger partial charge in [-0.2, -0.15) is 0 Å². The molecule has 0 radical (unpaired) electrons. The lowest BCUT2D eigenvalue weighted by Crippen LogP contribution is -2.36. The van der Waals surface area contributed by atoms with Gasteiger partial charge in [0, 0.05) is 23.8 Å². The molecule has 4 rings (SSSR count). The van der Waals surface area contributed by atoms with Gasteiger partial charge in [-0.15, -0.1) is 0 Å². The smallest absolute Gasteiger partial charge is 0.0895 e. The number of fused-ring (bicyclic) bond motifs is 3. The number of hydrogen-bond acceptors (Lipinski definition) is 2. The molecule has 1 fully saturated rings. The van der Waals surface area contributed by atoms with Crippen LogP contribution in [0.1, 0.15) is 61.4 Å². The molecule has 3 atom stereocenters. The zero-order chi connectivity index (χ0) is 15.8.